The van der Waals surface area contributed by atoms with Crippen LogP contribution in [0.15, 0.2) is 30.6 Å². The zero-order chi connectivity index (χ0) is 14.2. The summed E-state index contributed by atoms with van der Waals surface area (Å²) >= 11 is 0. The zero-order valence-corrected chi connectivity index (χ0v) is 11.0. The van der Waals surface area contributed by atoms with Crippen molar-refractivity contribution in [2.75, 3.05) is 0 Å². The molecule has 8 heteroatoms. The Labute approximate surface area is 112 Å². The summed E-state index contributed by atoms with van der Waals surface area (Å²) in [6.07, 6.45) is 3.32. The number of carboxylic acids is 1. The van der Waals surface area contributed by atoms with Crippen molar-refractivity contribution in [2.45, 2.75) is 5.24 Å². The van der Waals surface area contributed by atoms with E-state index in [0.717, 1.165) is 6.07 Å². The Bertz CT molecular complexity index is 637. The minimum absolute atomic E-state index is 0.0653. The Morgan fingerprint density at radius 2 is 2.05 bits per heavy atom. The van der Waals surface area contributed by atoms with Crippen molar-refractivity contribution < 1.29 is 14.3 Å². The number of benzene rings is 1. The molecule has 0 fully saturated rings. The minimum atomic E-state index is -1.14. The number of carbonyl (C=O) groups is 1. The van der Waals surface area contributed by atoms with Crippen LogP contribution in [0.5, 0.6) is 0 Å². The fourth-order valence-corrected chi connectivity index (χ4v) is 1.71. The van der Waals surface area contributed by atoms with Gasteiger partial charge in [0.15, 0.2) is 0 Å². The minimum Gasteiger partial charge on any atom is -0.478 e. The smallest absolute Gasteiger partial charge is 0.335 e. The lowest BCUT2D eigenvalue weighted by Crippen LogP contribution is -2.35. The van der Waals surface area contributed by atoms with Gasteiger partial charge in [-0.3, -0.25) is 4.68 Å². The highest BCUT2D eigenvalue weighted by Gasteiger charge is 2.16. The standard InChI is InChI=1S/C11H12B3FN2O2/c12-11(13,14)17-5-7(4-16-17)8-2-1-6(10(18)19)3-9(8)15/h1-5H,12-14H2,(H,18,19). The van der Waals surface area contributed by atoms with Crippen molar-refractivity contribution >= 4 is 29.5 Å². The van der Waals surface area contributed by atoms with Crippen molar-refractivity contribution in [3.63, 3.8) is 0 Å². The van der Waals surface area contributed by atoms with Crippen LogP contribution in [0.2, 0.25) is 0 Å². The van der Waals surface area contributed by atoms with E-state index in [1.165, 1.54) is 12.1 Å². The fourth-order valence-electron chi connectivity index (χ4n) is 1.71. The molecule has 4 nitrogen and oxygen atoms in total. The van der Waals surface area contributed by atoms with Gasteiger partial charge in [-0.05, 0) is 17.4 Å². The molecular weight excluding hydrogens is 244 g/mol. The second-order valence-corrected chi connectivity index (χ2v) is 5.34. The van der Waals surface area contributed by atoms with Crippen LogP contribution >= 0.6 is 0 Å². The highest BCUT2D eigenvalue weighted by molar-refractivity contribution is 6.56. The Hall–Kier alpha value is -1.98. The molecule has 0 bridgehead atoms. The number of halogens is 1. The lowest BCUT2D eigenvalue weighted by atomic mass is 9.49. The number of nitrogens with zero attached hydrogens (tertiary/aromatic N) is 2. The second-order valence-electron chi connectivity index (χ2n) is 5.34. The van der Waals surface area contributed by atoms with E-state index < -0.39 is 11.8 Å². The van der Waals surface area contributed by atoms with Crippen LogP contribution in [0.4, 0.5) is 4.39 Å². The molecule has 2 aromatic rings. The molecule has 0 unspecified atom stereocenters. The van der Waals surface area contributed by atoms with Gasteiger partial charge in [-0.2, -0.15) is 5.10 Å². The molecule has 0 saturated carbocycles. The molecule has 0 amide bonds. The van der Waals surface area contributed by atoms with Crippen molar-refractivity contribution in [2.24, 2.45) is 0 Å². The fraction of sp³-hybridized carbons (Fsp3) is 0.0909. The van der Waals surface area contributed by atoms with E-state index in [2.05, 4.69) is 5.10 Å². The van der Waals surface area contributed by atoms with Crippen LogP contribution in [-0.4, -0.2) is 44.4 Å². The first-order valence-corrected chi connectivity index (χ1v) is 5.87. The van der Waals surface area contributed by atoms with Crippen molar-refractivity contribution in [3.05, 3.63) is 42.0 Å². The highest BCUT2D eigenvalue weighted by atomic mass is 19.1. The van der Waals surface area contributed by atoms with Gasteiger partial charge in [-0.25, -0.2) is 9.18 Å². The first-order valence-electron chi connectivity index (χ1n) is 5.87. The average molecular weight is 256 g/mol. The van der Waals surface area contributed by atoms with Gasteiger partial charge < -0.3 is 5.11 Å². The van der Waals surface area contributed by atoms with E-state index in [0.29, 0.717) is 11.1 Å². The van der Waals surface area contributed by atoms with E-state index in [1.54, 1.807) is 17.1 Å². The second kappa shape index (κ2) is 4.61. The topological polar surface area (TPSA) is 55.1 Å². The molecule has 0 saturated heterocycles. The van der Waals surface area contributed by atoms with Crippen LogP contribution in [0.1, 0.15) is 10.4 Å². The molecule has 1 aromatic carbocycles. The first-order chi connectivity index (χ1) is 8.79. The van der Waals surface area contributed by atoms with Crippen LogP contribution in [0.3, 0.4) is 0 Å². The van der Waals surface area contributed by atoms with Gasteiger partial charge in [-0.15, -0.1) is 0 Å². The van der Waals surface area contributed by atoms with Gasteiger partial charge >= 0.3 is 5.97 Å². The molecule has 19 heavy (non-hydrogen) atoms. The summed E-state index contributed by atoms with van der Waals surface area (Å²) < 4.78 is 15.6. The predicted molar refractivity (Wildman–Crippen MR) is 78.2 cm³/mol. The molecule has 0 aliphatic carbocycles. The van der Waals surface area contributed by atoms with Crippen LogP contribution in [-0.2, 0) is 5.24 Å². The third-order valence-corrected chi connectivity index (χ3v) is 2.80. The van der Waals surface area contributed by atoms with Crippen molar-refractivity contribution in [1.82, 2.24) is 9.78 Å². The van der Waals surface area contributed by atoms with Gasteiger partial charge in [0.1, 0.15) is 29.4 Å². The largest absolute Gasteiger partial charge is 0.478 e. The van der Waals surface area contributed by atoms with E-state index in [1.807, 2.05) is 23.5 Å². The quantitative estimate of drug-likeness (QED) is 0.705. The van der Waals surface area contributed by atoms with Crippen LogP contribution in [0.25, 0.3) is 11.1 Å². The molecule has 0 spiro atoms. The molecule has 0 atom stereocenters. The van der Waals surface area contributed by atoms with E-state index >= 15 is 0 Å². The molecule has 1 N–H and O–H groups in total. The SMILES string of the molecule is BC(B)(B)n1cc(-c2ccc(C(=O)O)cc2F)cn1. The Morgan fingerprint density at radius 1 is 1.37 bits per heavy atom. The highest BCUT2D eigenvalue weighted by Crippen LogP contribution is 2.24. The lowest BCUT2D eigenvalue weighted by molar-refractivity contribution is 0.0696. The van der Waals surface area contributed by atoms with Gasteiger partial charge in [-0.1, -0.05) is 6.07 Å². The number of hydrogen-bond donors (Lipinski definition) is 1. The maximum Gasteiger partial charge on any atom is 0.335 e. The molecular formula is C11H12B3FN2O2. The molecule has 0 aliphatic heterocycles. The Morgan fingerprint density at radius 3 is 2.53 bits per heavy atom. The van der Waals surface area contributed by atoms with Gasteiger partial charge in [0, 0.05) is 17.3 Å². The van der Waals surface area contributed by atoms with Crippen molar-refractivity contribution in [3.8, 4) is 11.1 Å². The number of aromatic carboxylic acids is 1. The summed E-state index contributed by atoms with van der Waals surface area (Å²) in [7, 11) is 5.98. The summed E-state index contributed by atoms with van der Waals surface area (Å²) in [5.41, 5.74) is 0.911. The monoisotopic (exact) mass is 256 g/mol. The molecule has 1 aromatic heterocycles. The zero-order valence-electron chi connectivity index (χ0n) is 11.0. The summed E-state index contributed by atoms with van der Waals surface area (Å²) in [6.45, 7) is 0. The predicted octanol–water partition coefficient (Wildman–Crippen LogP) is -1.15. The Balaban J connectivity index is 2.43. The lowest BCUT2D eigenvalue weighted by Gasteiger charge is -2.18. The summed E-state index contributed by atoms with van der Waals surface area (Å²) in [4.78, 5) is 10.8. The molecule has 0 aliphatic rings. The van der Waals surface area contributed by atoms with Gasteiger partial charge in [0.05, 0.1) is 11.8 Å². The van der Waals surface area contributed by atoms with Crippen LogP contribution < -0.4 is 0 Å². The van der Waals surface area contributed by atoms with Gasteiger partial charge in [0.25, 0.3) is 0 Å². The van der Waals surface area contributed by atoms with E-state index in [9.17, 15) is 9.18 Å². The average Bonchev–Trinajstić information content (AvgIpc) is 2.77. The normalized spacial score (nSPS) is 11.4. The number of rotatable bonds is 3. The number of hydrogen-bond acceptors (Lipinski definition) is 2. The Kier molecular flexibility index (Phi) is 3.26. The number of aromatic nitrogens is 2. The maximum atomic E-state index is 13.9. The summed E-state index contributed by atoms with van der Waals surface area (Å²) in [5.74, 6) is -1.70. The third kappa shape index (κ3) is 2.72. The van der Waals surface area contributed by atoms with Crippen molar-refractivity contribution in [1.29, 1.82) is 0 Å². The third-order valence-electron chi connectivity index (χ3n) is 2.80. The van der Waals surface area contributed by atoms with Gasteiger partial charge in [0.2, 0.25) is 0 Å². The maximum absolute atomic E-state index is 13.9. The molecule has 2 rings (SSSR count). The molecule has 0 radical (unpaired) electrons. The summed E-state index contributed by atoms with van der Waals surface area (Å²) in [5, 5.41) is 12.8. The number of carboxylic acid groups (broad SMARTS) is 1. The van der Waals surface area contributed by atoms with Crippen LogP contribution in [0, 0.1) is 5.82 Å². The molecule has 1 heterocycles. The van der Waals surface area contributed by atoms with E-state index in [-0.39, 0.29) is 10.8 Å². The van der Waals surface area contributed by atoms with E-state index in [4.69, 9.17) is 5.11 Å². The first kappa shape index (κ1) is 13.5. The molecule has 94 valence electrons. The summed E-state index contributed by atoms with van der Waals surface area (Å²) in [6, 6.07) is 3.87.